The number of rotatable bonds is 2. The van der Waals surface area contributed by atoms with Crippen molar-refractivity contribution in [2.75, 3.05) is 11.6 Å². The van der Waals surface area contributed by atoms with E-state index in [1.54, 1.807) is 18.7 Å². The monoisotopic (exact) mass is 250 g/mol. The lowest BCUT2D eigenvalue weighted by molar-refractivity contribution is -0.129. The van der Waals surface area contributed by atoms with E-state index in [2.05, 4.69) is 18.8 Å². The standard InChI is InChI=1S/C13H18N2OS/c1-9(2)11-5-4-6-12(14-11)13-7-17-8-15(13)10(3)16/h4-6,9,13H,7-8H2,1-3H3. The third-order valence-electron chi connectivity index (χ3n) is 3.01. The number of amides is 1. The van der Waals surface area contributed by atoms with Crippen LogP contribution in [0.4, 0.5) is 0 Å². The number of nitrogens with zero attached hydrogens (tertiary/aromatic N) is 2. The van der Waals surface area contributed by atoms with Crippen LogP contribution in [0.25, 0.3) is 0 Å². The summed E-state index contributed by atoms with van der Waals surface area (Å²) < 4.78 is 0. The summed E-state index contributed by atoms with van der Waals surface area (Å²) in [7, 11) is 0. The number of pyridine rings is 1. The first-order chi connectivity index (χ1) is 8.09. The third kappa shape index (κ3) is 2.63. The molecule has 3 nitrogen and oxygen atoms in total. The Labute approximate surface area is 107 Å². The minimum atomic E-state index is 0.136. The second-order valence-corrected chi connectivity index (χ2v) is 5.65. The van der Waals surface area contributed by atoms with Gasteiger partial charge in [-0.2, -0.15) is 0 Å². The van der Waals surface area contributed by atoms with Crippen LogP contribution in [-0.2, 0) is 4.79 Å². The number of carbonyl (C=O) groups excluding carboxylic acids is 1. The molecule has 2 rings (SSSR count). The van der Waals surface area contributed by atoms with Crippen LogP contribution < -0.4 is 0 Å². The highest BCUT2D eigenvalue weighted by Gasteiger charge is 2.29. The van der Waals surface area contributed by atoms with Gasteiger partial charge >= 0.3 is 0 Å². The Hall–Kier alpha value is -1.03. The van der Waals surface area contributed by atoms with Crippen LogP contribution in [0.1, 0.15) is 44.1 Å². The highest BCUT2D eigenvalue weighted by atomic mass is 32.2. The number of carbonyl (C=O) groups is 1. The van der Waals surface area contributed by atoms with Crippen molar-refractivity contribution < 1.29 is 4.79 Å². The molecule has 0 bridgehead atoms. The van der Waals surface area contributed by atoms with Crippen molar-refractivity contribution >= 4 is 17.7 Å². The Morgan fingerprint density at radius 2 is 2.29 bits per heavy atom. The van der Waals surface area contributed by atoms with E-state index in [1.165, 1.54) is 0 Å². The first-order valence-corrected chi connectivity index (χ1v) is 7.07. The summed E-state index contributed by atoms with van der Waals surface area (Å²) in [5.41, 5.74) is 2.12. The zero-order valence-corrected chi connectivity index (χ0v) is 11.3. The van der Waals surface area contributed by atoms with Crippen molar-refractivity contribution in [3.05, 3.63) is 29.6 Å². The lowest BCUT2D eigenvalue weighted by Gasteiger charge is -2.22. The minimum Gasteiger partial charge on any atom is -0.324 e. The molecule has 1 aromatic rings. The molecule has 0 radical (unpaired) electrons. The average molecular weight is 250 g/mol. The summed E-state index contributed by atoms with van der Waals surface area (Å²) in [5, 5.41) is 0. The van der Waals surface area contributed by atoms with Gasteiger partial charge in [-0.25, -0.2) is 0 Å². The Morgan fingerprint density at radius 3 is 2.94 bits per heavy atom. The average Bonchev–Trinajstić information content (AvgIpc) is 2.78. The van der Waals surface area contributed by atoms with E-state index in [0.717, 1.165) is 23.0 Å². The molecule has 0 spiro atoms. The third-order valence-corrected chi connectivity index (χ3v) is 4.02. The fourth-order valence-electron chi connectivity index (χ4n) is 1.97. The number of thioether (sulfide) groups is 1. The summed E-state index contributed by atoms with van der Waals surface area (Å²) in [6.07, 6.45) is 0. The quantitative estimate of drug-likeness (QED) is 0.809. The van der Waals surface area contributed by atoms with Gasteiger partial charge in [0, 0.05) is 18.4 Å². The van der Waals surface area contributed by atoms with Crippen molar-refractivity contribution in [3.63, 3.8) is 0 Å². The predicted octanol–water partition coefficient (Wildman–Crippen LogP) is 2.80. The zero-order chi connectivity index (χ0) is 12.4. The van der Waals surface area contributed by atoms with Crippen LogP contribution in [-0.4, -0.2) is 27.4 Å². The molecule has 1 unspecified atom stereocenters. The molecule has 0 aromatic carbocycles. The largest absolute Gasteiger partial charge is 0.324 e. The second-order valence-electron chi connectivity index (χ2n) is 4.65. The molecule has 1 aliphatic rings. The van der Waals surface area contributed by atoms with Gasteiger partial charge in [0.05, 0.1) is 17.6 Å². The molecule has 2 heterocycles. The number of aromatic nitrogens is 1. The van der Waals surface area contributed by atoms with Gasteiger partial charge in [-0.15, -0.1) is 11.8 Å². The Kier molecular flexibility index (Phi) is 3.72. The summed E-state index contributed by atoms with van der Waals surface area (Å²) in [6, 6.07) is 6.27. The molecule has 92 valence electrons. The molecule has 1 aliphatic heterocycles. The van der Waals surface area contributed by atoms with E-state index in [-0.39, 0.29) is 11.9 Å². The van der Waals surface area contributed by atoms with Gasteiger partial charge in [-0.1, -0.05) is 19.9 Å². The summed E-state index contributed by atoms with van der Waals surface area (Å²) >= 11 is 1.79. The fourth-order valence-corrected chi connectivity index (χ4v) is 3.21. The topological polar surface area (TPSA) is 33.2 Å². The van der Waals surface area contributed by atoms with Crippen molar-refractivity contribution in [2.45, 2.75) is 32.7 Å². The van der Waals surface area contributed by atoms with Gasteiger partial charge in [0.15, 0.2) is 0 Å². The van der Waals surface area contributed by atoms with Crippen molar-refractivity contribution in [1.82, 2.24) is 9.88 Å². The highest BCUT2D eigenvalue weighted by molar-refractivity contribution is 7.99. The molecule has 1 amide bonds. The van der Waals surface area contributed by atoms with Crippen LogP contribution in [0.15, 0.2) is 18.2 Å². The maximum atomic E-state index is 11.5. The molecule has 1 atom stereocenters. The molecular weight excluding hydrogens is 232 g/mol. The lowest BCUT2D eigenvalue weighted by atomic mass is 10.1. The first-order valence-electron chi connectivity index (χ1n) is 5.91. The van der Waals surface area contributed by atoms with Gasteiger partial charge in [0.1, 0.15) is 0 Å². The molecule has 0 saturated carbocycles. The molecule has 1 saturated heterocycles. The summed E-state index contributed by atoms with van der Waals surface area (Å²) in [4.78, 5) is 18.1. The van der Waals surface area contributed by atoms with Crippen molar-refractivity contribution in [1.29, 1.82) is 0 Å². The van der Waals surface area contributed by atoms with E-state index >= 15 is 0 Å². The highest BCUT2D eigenvalue weighted by Crippen LogP contribution is 2.32. The minimum absolute atomic E-state index is 0.136. The van der Waals surface area contributed by atoms with Crippen molar-refractivity contribution in [3.8, 4) is 0 Å². The van der Waals surface area contributed by atoms with Crippen LogP contribution in [0, 0.1) is 0 Å². The Balaban J connectivity index is 2.27. The van der Waals surface area contributed by atoms with Crippen LogP contribution in [0.3, 0.4) is 0 Å². The van der Waals surface area contributed by atoms with Gasteiger partial charge in [0.2, 0.25) is 5.91 Å². The maximum absolute atomic E-state index is 11.5. The van der Waals surface area contributed by atoms with Gasteiger partial charge < -0.3 is 4.90 Å². The van der Waals surface area contributed by atoms with Gasteiger partial charge in [0.25, 0.3) is 0 Å². The van der Waals surface area contributed by atoms with Crippen molar-refractivity contribution in [2.24, 2.45) is 0 Å². The van der Waals surface area contributed by atoms with Crippen LogP contribution in [0.5, 0.6) is 0 Å². The van der Waals surface area contributed by atoms with E-state index in [9.17, 15) is 4.79 Å². The normalized spacial score (nSPS) is 20.0. The molecule has 1 fully saturated rings. The van der Waals surface area contributed by atoms with Gasteiger partial charge in [-0.3, -0.25) is 9.78 Å². The van der Waals surface area contributed by atoms with E-state index in [0.29, 0.717) is 5.92 Å². The number of hydrogen-bond donors (Lipinski definition) is 0. The summed E-state index contributed by atoms with van der Waals surface area (Å²) in [6.45, 7) is 5.90. The Morgan fingerprint density at radius 1 is 1.53 bits per heavy atom. The lowest BCUT2D eigenvalue weighted by Crippen LogP contribution is -2.29. The maximum Gasteiger partial charge on any atom is 0.220 e. The van der Waals surface area contributed by atoms with Gasteiger partial charge in [-0.05, 0) is 18.1 Å². The first kappa shape index (κ1) is 12.4. The van der Waals surface area contributed by atoms with E-state index in [1.807, 2.05) is 23.1 Å². The van der Waals surface area contributed by atoms with Crippen LogP contribution >= 0.6 is 11.8 Å². The smallest absolute Gasteiger partial charge is 0.220 e. The SMILES string of the molecule is CC(=O)N1CSCC1c1cccc(C(C)C)n1. The summed E-state index contributed by atoms with van der Waals surface area (Å²) in [5.74, 6) is 2.30. The van der Waals surface area contributed by atoms with E-state index < -0.39 is 0 Å². The predicted molar refractivity (Wildman–Crippen MR) is 70.9 cm³/mol. The molecule has 1 aromatic heterocycles. The molecule has 0 N–H and O–H groups in total. The molecule has 17 heavy (non-hydrogen) atoms. The molecular formula is C13H18N2OS. The molecule has 4 heteroatoms. The Bertz CT molecular complexity index is 420. The number of hydrogen-bond acceptors (Lipinski definition) is 3. The molecule has 0 aliphatic carbocycles. The van der Waals surface area contributed by atoms with E-state index in [4.69, 9.17) is 0 Å². The van der Waals surface area contributed by atoms with Crippen LogP contribution in [0.2, 0.25) is 0 Å². The zero-order valence-electron chi connectivity index (χ0n) is 10.5. The fraction of sp³-hybridized carbons (Fsp3) is 0.538. The second kappa shape index (κ2) is 5.08.